The summed E-state index contributed by atoms with van der Waals surface area (Å²) in [6.07, 6.45) is -3.74. The predicted molar refractivity (Wildman–Crippen MR) is 119 cm³/mol. The Kier molecular flexibility index (Phi) is 5.71. The minimum Gasteiger partial charge on any atom is -0.497 e. The van der Waals surface area contributed by atoms with E-state index in [2.05, 4.69) is 0 Å². The number of fused-ring (bicyclic) bond motifs is 1. The van der Waals surface area contributed by atoms with E-state index in [0.29, 0.717) is 17.2 Å². The molecule has 5 rings (SSSR count). The third-order valence-electron chi connectivity index (χ3n) is 6.11. The first-order chi connectivity index (χ1) is 16.3. The van der Waals surface area contributed by atoms with Gasteiger partial charge in [0.05, 0.1) is 7.11 Å². The second-order valence-corrected chi connectivity index (χ2v) is 8.89. The van der Waals surface area contributed by atoms with E-state index < -0.39 is 48.5 Å². The molecule has 3 aliphatic rings. The summed E-state index contributed by atoms with van der Waals surface area (Å²) in [6.45, 7) is 4.87. The molecular formula is C25H27NO8. The Hall–Kier alpha value is -3.14. The molecule has 0 radical (unpaired) electrons. The molecule has 34 heavy (non-hydrogen) atoms. The SMILES string of the molecule is COc1ccc(N2C(=O)[C@@H](Oc3ccccc3)[C@H]2[C@H]2O[C@@H]3OC(C)(C)O[C@@H]3[C@H]2OC(C)=O)cc1. The molecule has 6 atom stereocenters. The average Bonchev–Trinajstić information content (AvgIpc) is 3.28. The van der Waals surface area contributed by atoms with Crippen LogP contribution in [-0.2, 0) is 28.5 Å². The van der Waals surface area contributed by atoms with E-state index in [1.807, 2.05) is 18.2 Å². The Morgan fingerprint density at radius 1 is 0.971 bits per heavy atom. The number of amides is 1. The van der Waals surface area contributed by atoms with Crippen LogP contribution in [0.3, 0.4) is 0 Å². The lowest BCUT2D eigenvalue weighted by Gasteiger charge is -2.49. The van der Waals surface area contributed by atoms with Crippen LogP contribution in [0.15, 0.2) is 54.6 Å². The lowest BCUT2D eigenvalue weighted by molar-refractivity contribution is -0.225. The van der Waals surface area contributed by atoms with Gasteiger partial charge >= 0.3 is 5.97 Å². The molecule has 2 aromatic rings. The van der Waals surface area contributed by atoms with Crippen molar-refractivity contribution in [3.05, 3.63) is 54.6 Å². The van der Waals surface area contributed by atoms with Crippen molar-refractivity contribution in [3.8, 4) is 11.5 Å². The van der Waals surface area contributed by atoms with Gasteiger partial charge in [-0.1, -0.05) is 18.2 Å². The minimum atomic E-state index is -0.885. The Balaban J connectivity index is 1.48. The number of ether oxygens (including phenoxy) is 6. The van der Waals surface area contributed by atoms with Crippen LogP contribution in [0.1, 0.15) is 20.8 Å². The number of benzene rings is 2. The van der Waals surface area contributed by atoms with Crippen molar-refractivity contribution in [2.45, 2.75) is 63.3 Å². The molecule has 0 aliphatic carbocycles. The van der Waals surface area contributed by atoms with Crippen molar-refractivity contribution in [1.29, 1.82) is 0 Å². The first kappa shape index (κ1) is 22.6. The van der Waals surface area contributed by atoms with Crippen molar-refractivity contribution in [2.75, 3.05) is 12.0 Å². The van der Waals surface area contributed by atoms with Gasteiger partial charge in [0.15, 0.2) is 24.3 Å². The smallest absolute Gasteiger partial charge is 0.303 e. The molecule has 2 aromatic carbocycles. The molecule has 0 bridgehead atoms. The number of nitrogens with zero attached hydrogens (tertiary/aromatic N) is 1. The minimum absolute atomic E-state index is 0.233. The molecule has 0 aromatic heterocycles. The maximum atomic E-state index is 13.3. The van der Waals surface area contributed by atoms with Gasteiger partial charge in [0.25, 0.3) is 5.91 Å². The number of carbonyl (C=O) groups excluding carboxylic acids is 2. The molecule has 0 N–H and O–H groups in total. The highest BCUT2D eigenvalue weighted by Gasteiger charge is 2.65. The van der Waals surface area contributed by atoms with E-state index in [9.17, 15) is 9.59 Å². The number of rotatable bonds is 6. The van der Waals surface area contributed by atoms with Gasteiger partial charge in [-0.2, -0.15) is 0 Å². The standard InChI is InChI=1S/C25H27NO8/c1-14(27)30-21-19(32-24-22(21)33-25(2,3)34-24)18-20(31-17-8-6-5-7-9-17)23(28)26(18)15-10-12-16(29-4)13-11-15/h5-13,18-22,24H,1-4H3/t18-,19-,20+,21+,22-,24-/m1/s1. The monoisotopic (exact) mass is 469 g/mol. The van der Waals surface area contributed by atoms with Gasteiger partial charge in [0.1, 0.15) is 23.6 Å². The van der Waals surface area contributed by atoms with E-state index in [4.69, 9.17) is 28.4 Å². The third kappa shape index (κ3) is 4.00. The van der Waals surface area contributed by atoms with Crippen LogP contribution < -0.4 is 14.4 Å². The van der Waals surface area contributed by atoms with Crippen molar-refractivity contribution in [3.63, 3.8) is 0 Å². The number of carbonyl (C=O) groups is 2. The zero-order valence-electron chi connectivity index (χ0n) is 19.4. The average molecular weight is 469 g/mol. The largest absolute Gasteiger partial charge is 0.497 e. The number of hydrogen-bond acceptors (Lipinski definition) is 8. The highest BCUT2D eigenvalue weighted by atomic mass is 16.8. The molecule has 9 nitrogen and oxygen atoms in total. The maximum Gasteiger partial charge on any atom is 0.303 e. The number of para-hydroxylation sites is 1. The summed E-state index contributed by atoms with van der Waals surface area (Å²) in [5, 5.41) is 0. The highest BCUT2D eigenvalue weighted by molar-refractivity contribution is 6.05. The van der Waals surface area contributed by atoms with Crippen LogP contribution in [0.25, 0.3) is 0 Å². The molecule has 3 heterocycles. The van der Waals surface area contributed by atoms with E-state index in [1.54, 1.807) is 62.3 Å². The van der Waals surface area contributed by atoms with Gasteiger partial charge in [-0.25, -0.2) is 0 Å². The second-order valence-electron chi connectivity index (χ2n) is 8.89. The van der Waals surface area contributed by atoms with Crippen LogP contribution in [0, 0.1) is 0 Å². The van der Waals surface area contributed by atoms with Gasteiger partial charge in [-0.05, 0) is 50.2 Å². The summed E-state index contributed by atoms with van der Waals surface area (Å²) < 4.78 is 35.1. The van der Waals surface area contributed by atoms with Crippen LogP contribution in [-0.4, -0.2) is 61.5 Å². The molecule has 0 spiro atoms. The Bertz CT molecular complexity index is 1060. The first-order valence-electron chi connectivity index (χ1n) is 11.1. The fraction of sp³-hybridized carbons (Fsp3) is 0.440. The van der Waals surface area contributed by atoms with Crippen molar-refractivity contribution >= 4 is 17.6 Å². The van der Waals surface area contributed by atoms with Gasteiger partial charge in [-0.3, -0.25) is 14.5 Å². The molecule has 3 saturated heterocycles. The molecule has 0 saturated carbocycles. The second kappa shape index (κ2) is 8.57. The summed E-state index contributed by atoms with van der Waals surface area (Å²) >= 11 is 0. The lowest BCUT2D eigenvalue weighted by Crippen LogP contribution is -2.73. The predicted octanol–water partition coefficient (Wildman–Crippen LogP) is 2.67. The van der Waals surface area contributed by atoms with Gasteiger partial charge in [0.2, 0.25) is 6.10 Å². The summed E-state index contributed by atoms with van der Waals surface area (Å²) in [6, 6.07) is 15.6. The zero-order chi connectivity index (χ0) is 24.0. The van der Waals surface area contributed by atoms with Crippen molar-refractivity contribution in [1.82, 2.24) is 0 Å². The van der Waals surface area contributed by atoms with Gasteiger partial charge in [0, 0.05) is 12.6 Å². The number of hydrogen-bond donors (Lipinski definition) is 0. The van der Waals surface area contributed by atoms with Crippen molar-refractivity contribution < 1.29 is 38.0 Å². The highest BCUT2D eigenvalue weighted by Crippen LogP contribution is 2.44. The van der Waals surface area contributed by atoms with Gasteiger partial charge in [-0.15, -0.1) is 0 Å². The van der Waals surface area contributed by atoms with Crippen LogP contribution >= 0.6 is 0 Å². The fourth-order valence-electron chi connectivity index (χ4n) is 4.72. The summed E-state index contributed by atoms with van der Waals surface area (Å²) in [5.41, 5.74) is 0.646. The molecule has 3 aliphatic heterocycles. The number of esters is 1. The van der Waals surface area contributed by atoms with E-state index >= 15 is 0 Å². The van der Waals surface area contributed by atoms with E-state index in [1.165, 1.54) is 6.92 Å². The van der Waals surface area contributed by atoms with Crippen LogP contribution in [0.2, 0.25) is 0 Å². The molecule has 180 valence electrons. The molecule has 1 amide bonds. The summed E-state index contributed by atoms with van der Waals surface area (Å²) in [7, 11) is 1.58. The Labute approximate surface area is 197 Å². The number of β-lactam (4-membered cyclic amide) rings is 1. The quantitative estimate of drug-likeness (QED) is 0.471. The number of anilines is 1. The van der Waals surface area contributed by atoms with E-state index in [0.717, 1.165) is 0 Å². The van der Waals surface area contributed by atoms with Crippen LogP contribution in [0.5, 0.6) is 11.5 Å². The molecular weight excluding hydrogens is 442 g/mol. The third-order valence-corrected chi connectivity index (χ3v) is 6.11. The Morgan fingerprint density at radius 2 is 1.68 bits per heavy atom. The topological polar surface area (TPSA) is 92.8 Å². The fourth-order valence-corrected chi connectivity index (χ4v) is 4.72. The van der Waals surface area contributed by atoms with Gasteiger partial charge < -0.3 is 28.4 Å². The lowest BCUT2D eigenvalue weighted by atomic mass is 9.88. The molecule has 0 unspecified atom stereocenters. The summed E-state index contributed by atoms with van der Waals surface area (Å²) in [5.74, 6) is -0.378. The van der Waals surface area contributed by atoms with Crippen molar-refractivity contribution in [2.24, 2.45) is 0 Å². The normalized spacial score (nSPS) is 31.5. The maximum absolute atomic E-state index is 13.3. The number of methoxy groups -OCH3 is 1. The zero-order valence-corrected chi connectivity index (χ0v) is 19.4. The van der Waals surface area contributed by atoms with Crippen LogP contribution in [0.4, 0.5) is 5.69 Å². The molecule has 3 fully saturated rings. The summed E-state index contributed by atoms with van der Waals surface area (Å²) in [4.78, 5) is 26.9. The van der Waals surface area contributed by atoms with E-state index in [-0.39, 0.29) is 5.91 Å². The first-order valence-corrected chi connectivity index (χ1v) is 11.1. The molecule has 9 heteroatoms. The Morgan fingerprint density at radius 3 is 2.32 bits per heavy atom.